The first-order chi connectivity index (χ1) is 11.0. The van der Waals surface area contributed by atoms with Gasteiger partial charge in [-0.05, 0) is 77.0 Å². The van der Waals surface area contributed by atoms with Crippen LogP contribution in [-0.2, 0) is 0 Å². The third kappa shape index (κ3) is 7.57. The first-order valence-corrected chi connectivity index (χ1v) is 8.89. The topological polar surface area (TPSA) is 45.6 Å². The Morgan fingerprint density at radius 2 is 1.83 bits per heavy atom. The van der Waals surface area contributed by atoms with Gasteiger partial charge in [-0.2, -0.15) is 0 Å². The number of Topliss-reactive ketones (excluding diaryl/α,β-unsaturated/α-hetero) is 1. The highest BCUT2D eigenvalue weighted by Crippen LogP contribution is 2.10. The number of nitrogens with one attached hydrogen (secondary N) is 3. The average molecular weight is 337 g/mol. The molecular formula is C18H30N3OS+. The van der Waals surface area contributed by atoms with Gasteiger partial charge < -0.3 is 15.5 Å². The summed E-state index contributed by atoms with van der Waals surface area (Å²) in [5.41, 5.74) is 1.61. The zero-order valence-electron chi connectivity index (χ0n) is 14.7. The third-order valence-electron chi connectivity index (χ3n) is 4.09. The van der Waals surface area contributed by atoms with Crippen LogP contribution in [0.3, 0.4) is 0 Å². The molecule has 0 amide bonds. The van der Waals surface area contributed by atoms with Gasteiger partial charge in [0, 0.05) is 17.3 Å². The summed E-state index contributed by atoms with van der Waals surface area (Å²) in [4.78, 5) is 12.9. The van der Waals surface area contributed by atoms with E-state index < -0.39 is 0 Å². The fraction of sp³-hybridized carbons (Fsp3) is 0.556. The molecule has 0 radical (unpaired) electrons. The van der Waals surface area contributed by atoms with E-state index in [1.807, 2.05) is 24.3 Å². The van der Waals surface area contributed by atoms with Crippen LogP contribution >= 0.6 is 12.2 Å². The average Bonchev–Trinajstić information content (AvgIpc) is 2.52. The molecule has 1 aromatic rings. The van der Waals surface area contributed by atoms with Gasteiger partial charge in [-0.15, -0.1) is 0 Å². The number of hydrogen-bond acceptors (Lipinski definition) is 2. The Morgan fingerprint density at radius 3 is 2.35 bits per heavy atom. The SMILES string of the molecule is CC[NH+](CC)CCC[C@@H](C)NC(=S)Nc1ccc(C(C)=O)cc1. The number of ketones is 1. The van der Waals surface area contributed by atoms with Crippen molar-refractivity contribution in [1.29, 1.82) is 0 Å². The molecule has 0 aliphatic heterocycles. The lowest BCUT2D eigenvalue weighted by Crippen LogP contribution is -3.11. The van der Waals surface area contributed by atoms with E-state index in [0.717, 1.165) is 12.1 Å². The molecule has 0 unspecified atom stereocenters. The van der Waals surface area contributed by atoms with Crippen LogP contribution in [0.4, 0.5) is 5.69 Å². The summed E-state index contributed by atoms with van der Waals surface area (Å²) in [5.74, 6) is 0.0706. The van der Waals surface area contributed by atoms with Gasteiger partial charge in [0.05, 0.1) is 19.6 Å². The van der Waals surface area contributed by atoms with Crippen LogP contribution in [-0.4, -0.2) is 36.6 Å². The molecular weight excluding hydrogens is 306 g/mol. The first-order valence-electron chi connectivity index (χ1n) is 8.48. The molecule has 0 fully saturated rings. The lowest BCUT2D eigenvalue weighted by Gasteiger charge is -2.19. The summed E-state index contributed by atoms with van der Waals surface area (Å²) in [6.07, 6.45) is 2.30. The van der Waals surface area contributed by atoms with E-state index in [4.69, 9.17) is 12.2 Å². The summed E-state index contributed by atoms with van der Waals surface area (Å²) < 4.78 is 0. The third-order valence-corrected chi connectivity index (χ3v) is 4.31. The molecule has 0 bridgehead atoms. The molecule has 0 saturated heterocycles. The smallest absolute Gasteiger partial charge is 0.170 e. The predicted octanol–water partition coefficient (Wildman–Crippen LogP) is 2.27. The summed E-state index contributed by atoms with van der Waals surface area (Å²) in [6.45, 7) is 11.8. The fourth-order valence-corrected chi connectivity index (χ4v) is 2.83. The second-order valence-electron chi connectivity index (χ2n) is 5.98. The van der Waals surface area contributed by atoms with Gasteiger partial charge in [0.2, 0.25) is 0 Å². The van der Waals surface area contributed by atoms with Crippen LogP contribution in [0.25, 0.3) is 0 Å². The summed E-state index contributed by atoms with van der Waals surface area (Å²) in [5, 5.41) is 7.11. The van der Waals surface area contributed by atoms with Crippen LogP contribution in [0.15, 0.2) is 24.3 Å². The van der Waals surface area contributed by atoms with Gasteiger partial charge in [0.25, 0.3) is 0 Å². The van der Waals surface area contributed by atoms with Gasteiger partial charge in [-0.3, -0.25) is 4.79 Å². The van der Waals surface area contributed by atoms with Crippen molar-refractivity contribution in [2.75, 3.05) is 25.0 Å². The minimum atomic E-state index is 0.0706. The first kappa shape index (κ1) is 19.6. The summed E-state index contributed by atoms with van der Waals surface area (Å²) in [7, 11) is 0. The van der Waals surface area contributed by atoms with E-state index in [2.05, 4.69) is 31.4 Å². The molecule has 0 heterocycles. The van der Waals surface area contributed by atoms with Crippen molar-refractivity contribution < 1.29 is 9.69 Å². The number of anilines is 1. The van der Waals surface area contributed by atoms with Crippen LogP contribution in [0, 0.1) is 0 Å². The maximum Gasteiger partial charge on any atom is 0.170 e. The highest BCUT2D eigenvalue weighted by atomic mass is 32.1. The second kappa shape index (κ2) is 10.3. The van der Waals surface area contributed by atoms with Crippen molar-refractivity contribution in [2.24, 2.45) is 0 Å². The number of quaternary nitrogens is 1. The van der Waals surface area contributed by atoms with Crippen LogP contribution in [0.2, 0.25) is 0 Å². The molecule has 4 nitrogen and oxygen atoms in total. The molecule has 0 saturated carbocycles. The number of benzene rings is 1. The van der Waals surface area contributed by atoms with E-state index in [-0.39, 0.29) is 5.78 Å². The Kier molecular flexibility index (Phi) is 8.81. The Labute approximate surface area is 145 Å². The van der Waals surface area contributed by atoms with E-state index in [0.29, 0.717) is 16.7 Å². The zero-order valence-corrected chi connectivity index (χ0v) is 15.6. The van der Waals surface area contributed by atoms with Gasteiger partial charge in [0.1, 0.15) is 0 Å². The highest BCUT2D eigenvalue weighted by molar-refractivity contribution is 7.80. The Hall–Kier alpha value is -1.46. The Bertz CT molecular complexity index is 497. The molecule has 1 aromatic carbocycles. The van der Waals surface area contributed by atoms with Gasteiger partial charge in [0.15, 0.2) is 10.9 Å². The van der Waals surface area contributed by atoms with E-state index >= 15 is 0 Å². The van der Waals surface area contributed by atoms with Crippen molar-refractivity contribution in [3.8, 4) is 0 Å². The van der Waals surface area contributed by atoms with Crippen molar-refractivity contribution >= 4 is 28.8 Å². The van der Waals surface area contributed by atoms with Crippen LogP contribution in [0.5, 0.6) is 0 Å². The minimum absolute atomic E-state index is 0.0706. The number of carbonyl (C=O) groups is 1. The van der Waals surface area contributed by atoms with Crippen molar-refractivity contribution in [2.45, 2.75) is 46.6 Å². The Morgan fingerprint density at radius 1 is 1.22 bits per heavy atom. The normalized spacial score (nSPS) is 12.0. The minimum Gasteiger partial charge on any atom is -0.360 e. The predicted molar refractivity (Wildman–Crippen MR) is 101 cm³/mol. The summed E-state index contributed by atoms with van der Waals surface area (Å²) in [6, 6.07) is 7.72. The molecule has 1 atom stereocenters. The fourth-order valence-electron chi connectivity index (χ4n) is 2.51. The quantitative estimate of drug-likeness (QED) is 0.478. The number of carbonyl (C=O) groups excluding carboxylic acids is 1. The number of thiocarbonyl (C=S) groups is 1. The van der Waals surface area contributed by atoms with E-state index in [9.17, 15) is 4.79 Å². The number of rotatable bonds is 9. The van der Waals surface area contributed by atoms with Crippen molar-refractivity contribution in [3.05, 3.63) is 29.8 Å². The lowest BCUT2D eigenvalue weighted by atomic mass is 10.1. The van der Waals surface area contributed by atoms with Crippen LogP contribution in [0.1, 0.15) is 50.9 Å². The van der Waals surface area contributed by atoms with Crippen molar-refractivity contribution in [3.63, 3.8) is 0 Å². The molecule has 0 aliphatic carbocycles. The molecule has 0 aliphatic rings. The molecule has 0 aromatic heterocycles. The zero-order chi connectivity index (χ0) is 17.2. The molecule has 1 rings (SSSR count). The maximum atomic E-state index is 11.3. The molecule has 3 N–H and O–H groups in total. The molecule has 5 heteroatoms. The molecule has 128 valence electrons. The second-order valence-corrected chi connectivity index (χ2v) is 6.39. The largest absolute Gasteiger partial charge is 0.360 e. The lowest BCUT2D eigenvalue weighted by molar-refractivity contribution is -0.896. The van der Waals surface area contributed by atoms with E-state index in [1.54, 1.807) is 11.8 Å². The van der Waals surface area contributed by atoms with E-state index in [1.165, 1.54) is 26.1 Å². The van der Waals surface area contributed by atoms with Crippen LogP contribution < -0.4 is 15.5 Å². The maximum absolute atomic E-state index is 11.3. The summed E-state index contributed by atoms with van der Waals surface area (Å²) >= 11 is 5.35. The Balaban J connectivity index is 2.33. The van der Waals surface area contributed by atoms with Crippen molar-refractivity contribution in [1.82, 2.24) is 5.32 Å². The standard InChI is InChI=1S/C18H29N3OS/c1-5-21(6-2)13-7-8-14(3)19-18(23)20-17-11-9-16(10-12-17)15(4)22/h9-12,14H,5-8,13H2,1-4H3,(H2,19,20,23)/p+1/t14-/m1/s1. The van der Waals surface area contributed by atoms with Gasteiger partial charge in [-0.25, -0.2) is 0 Å². The monoisotopic (exact) mass is 336 g/mol. The highest BCUT2D eigenvalue weighted by Gasteiger charge is 2.08. The number of hydrogen-bond donors (Lipinski definition) is 3. The molecule has 23 heavy (non-hydrogen) atoms. The van der Waals surface area contributed by atoms with Gasteiger partial charge >= 0.3 is 0 Å². The van der Waals surface area contributed by atoms with Gasteiger partial charge in [-0.1, -0.05) is 0 Å². The molecule has 0 spiro atoms.